The SMILES string of the molecule is C(=C\c1ccccc1-c1cccc(-n2c3ccccc3c3ccccc32)c1)/c1ccccc1-c1ccc(-n2c3ccccc3c3ccccc32)cc1. The standard InChI is InChI=1S/C50H34N2/c1-3-18-41(37-30-32-39(33-31-37)51-47-24-9-5-20-43(47)44-21-6-10-25-48(44)51)35(14-1)28-29-36-15-2-4-19-42(36)38-16-13-17-40(34-38)52-49-26-11-7-22-45(49)46-23-8-12-27-50(46)52/h1-34H/b29-28+. The van der Waals surface area contributed by atoms with Crippen LogP contribution in [-0.2, 0) is 0 Å². The molecule has 2 nitrogen and oxygen atoms in total. The molecule has 0 amide bonds. The molecule has 0 saturated heterocycles. The maximum atomic E-state index is 2.38. The molecule has 0 bridgehead atoms. The van der Waals surface area contributed by atoms with E-state index in [1.165, 1.54) is 77.0 Å². The Labute approximate surface area is 302 Å². The van der Waals surface area contributed by atoms with E-state index in [1.54, 1.807) is 0 Å². The summed E-state index contributed by atoms with van der Waals surface area (Å²) in [5.41, 5.74) is 14.3. The molecular formula is C50H34N2. The first kappa shape index (κ1) is 30.0. The van der Waals surface area contributed by atoms with Gasteiger partial charge in [-0.1, -0.05) is 158 Å². The zero-order valence-electron chi connectivity index (χ0n) is 28.5. The summed E-state index contributed by atoms with van der Waals surface area (Å²) in [6, 6.07) is 70.0. The van der Waals surface area contributed by atoms with Gasteiger partial charge in [-0.25, -0.2) is 0 Å². The molecule has 8 aromatic carbocycles. The van der Waals surface area contributed by atoms with Crippen LogP contribution in [0.5, 0.6) is 0 Å². The van der Waals surface area contributed by atoms with E-state index in [9.17, 15) is 0 Å². The minimum absolute atomic E-state index is 1.16. The van der Waals surface area contributed by atoms with Crippen LogP contribution >= 0.6 is 0 Å². The number of benzene rings is 8. The van der Waals surface area contributed by atoms with Crippen LogP contribution in [0.2, 0.25) is 0 Å². The average Bonchev–Trinajstić information content (AvgIpc) is 3.74. The van der Waals surface area contributed by atoms with Crippen molar-refractivity contribution in [3.8, 4) is 33.6 Å². The third kappa shape index (κ3) is 4.96. The van der Waals surface area contributed by atoms with Gasteiger partial charge in [-0.2, -0.15) is 0 Å². The van der Waals surface area contributed by atoms with Gasteiger partial charge in [0, 0.05) is 32.9 Å². The lowest BCUT2D eigenvalue weighted by atomic mass is 9.96. The topological polar surface area (TPSA) is 9.86 Å². The number of hydrogen-bond acceptors (Lipinski definition) is 0. The van der Waals surface area contributed by atoms with Crippen LogP contribution in [0.25, 0.3) is 89.4 Å². The number of nitrogens with zero attached hydrogens (tertiary/aromatic N) is 2. The van der Waals surface area contributed by atoms with E-state index < -0.39 is 0 Å². The predicted octanol–water partition coefficient (Wildman–Crippen LogP) is 13.4. The fourth-order valence-corrected chi connectivity index (χ4v) is 7.99. The first-order chi connectivity index (χ1) is 25.8. The summed E-state index contributed by atoms with van der Waals surface area (Å²) in [6.45, 7) is 0. The highest BCUT2D eigenvalue weighted by Gasteiger charge is 2.14. The zero-order valence-corrected chi connectivity index (χ0v) is 28.5. The number of aromatic nitrogens is 2. The van der Waals surface area contributed by atoms with E-state index in [1.807, 2.05) is 0 Å². The average molecular weight is 663 g/mol. The molecule has 0 spiro atoms. The molecule has 0 N–H and O–H groups in total. The first-order valence-electron chi connectivity index (χ1n) is 17.9. The minimum Gasteiger partial charge on any atom is -0.309 e. The summed E-state index contributed by atoms with van der Waals surface area (Å²) in [6.07, 6.45) is 4.51. The van der Waals surface area contributed by atoms with Crippen LogP contribution in [0.1, 0.15) is 11.1 Å². The highest BCUT2D eigenvalue weighted by molar-refractivity contribution is 6.10. The lowest BCUT2D eigenvalue weighted by Gasteiger charge is -2.12. The molecule has 244 valence electrons. The van der Waals surface area contributed by atoms with Crippen LogP contribution in [-0.4, -0.2) is 9.13 Å². The smallest absolute Gasteiger partial charge is 0.0541 e. The first-order valence-corrected chi connectivity index (χ1v) is 17.9. The van der Waals surface area contributed by atoms with E-state index in [0.717, 1.165) is 11.4 Å². The summed E-state index contributed by atoms with van der Waals surface area (Å²) >= 11 is 0. The molecule has 0 aliphatic carbocycles. The molecule has 0 atom stereocenters. The van der Waals surface area contributed by atoms with Crippen molar-refractivity contribution in [3.05, 3.63) is 205 Å². The fraction of sp³-hybridized carbons (Fsp3) is 0. The number of rotatable bonds is 6. The molecule has 2 heteroatoms. The van der Waals surface area contributed by atoms with Crippen LogP contribution in [0.15, 0.2) is 194 Å². The molecule has 0 unspecified atom stereocenters. The van der Waals surface area contributed by atoms with Crippen molar-refractivity contribution in [2.45, 2.75) is 0 Å². The van der Waals surface area contributed by atoms with Gasteiger partial charge < -0.3 is 9.13 Å². The van der Waals surface area contributed by atoms with E-state index in [0.29, 0.717) is 0 Å². The van der Waals surface area contributed by atoms with Crippen molar-refractivity contribution >= 4 is 55.8 Å². The highest BCUT2D eigenvalue weighted by atomic mass is 15.0. The third-order valence-corrected chi connectivity index (χ3v) is 10.4. The summed E-state index contributed by atoms with van der Waals surface area (Å²) in [5, 5.41) is 5.09. The molecule has 0 aliphatic rings. The van der Waals surface area contributed by atoms with Gasteiger partial charge in [0.2, 0.25) is 0 Å². The molecular weight excluding hydrogens is 629 g/mol. The van der Waals surface area contributed by atoms with Gasteiger partial charge >= 0.3 is 0 Å². The molecule has 10 rings (SSSR count). The Balaban J connectivity index is 1.00. The van der Waals surface area contributed by atoms with E-state index in [-0.39, 0.29) is 0 Å². The van der Waals surface area contributed by atoms with Crippen LogP contribution in [0, 0.1) is 0 Å². The number of hydrogen-bond donors (Lipinski definition) is 0. The number of fused-ring (bicyclic) bond motifs is 6. The molecule has 10 aromatic rings. The Morgan fingerprint density at radius 1 is 0.288 bits per heavy atom. The maximum Gasteiger partial charge on any atom is 0.0541 e. The molecule has 0 saturated carbocycles. The largest absolute Gasteiger partial charge is 0.309 e. The second-order valence-electron chi connectivity index (χ2n) is 13.3. The Morgan fingerprint density at radius 3 is 1.19 bits per heavy atom. The Bertz CT molecular complexity index is 2850. The van der Waals surface area contributed by atoms with Gasteiger partial charge in [0.25, 0.3) is 0 Å². The van der Waals surface area contributed by atoms with Gasteiger partial charge in [0.1, 0.15) is 0 Å². The van der Waals surface area contributed by atoms with Crippen molar-refractivity contribution in [3.63, 3.8) is 0 Å². The molecule has 0 fully saturated rings. The predicted molar refractivity (Wildman–Crippen MR) is 221 cm³/mol. The Hall–Kier alpha value is -6.90. The van der Waals surface area contributed by atoms with Crippen molar-refractivity contribution in [1.29, 1.82) is 0 Å². The van der Waals surface area contributed by atoms with Crippen molar-refractivity contribution < 1.29 is 0 Å². The lowest BCUT2D eigenvalue weighted by Crippen LogP contribution is -1.94. The van der Waals surface area contributed by atoms with Crippen molar-refractivity contribution in [2.75, 3.05) is 0 Å². The molecule has 2 heterocycles. The maximum absolute atomic E-state index is 2.38. The number of para-hydroxylation sites is 4. The molecule has 0 aliphatic heterocycles. The van der Waals surface area contributed by atoms with Crippen LogP contribution < -0.4 is 0 Å². The second kappa shape index (κ2) is 12.5. The molecule has 2 aromatic heterocycles. The second-order valence-corrected chi connectivity index (χ2v) is 13.3. The van der Waals surface area contributed by atoms with Crippen molar-refractivity contribution in [2.24, 2.45) is 0 Å². The van der Waals surface area contributed by atoms with E-state index in [2.05, 4.69) is 215 Å². The van der Waals surface area contributed by atoms with Crippen molar-refractivity contribution in [1.82, 2.24) is 9.13 Å². The quantitative estimate of drug-likeness (QED) is 0.157. The van der Waals surface area contributed by atoms with Gasteiger partial charge in [-0.15, -0.1) is 0 Å². The van der Waals surface area contributed by atoms with Gasteiger partial charge in [-0.3, -0.25) is 0 Å². The monoisotopic (exact) mass is 662 g/mol. The molecule has 0 radical (unpaired) electrons. The third-order valence-electron chi connectivity index (χ3n) is 10.4. The highest BCUT2D eigenvalue weighted by Crippen LogP contribution is 2.36. The van der Waals surface area contributed by atoms with Gasteiger partial charge in [0.15, 0.2) is 0 Å². The minimum atomic E-state index is 1.16. The van der Waals surface area contributed by atoms with Crippen LogP contribution in [0.4, 0.5) is 0 Å². The van der Waals surface area contributed by atoms with E-state index in [4.69, 9.17) is 0 Å². The summed E-state index contributed by atoms with van der Waals surface area (Å²) in [5.74, 6) is 0. The van der Waals surface area contributed by atoms with Gasteiger partial charge in [-0.05, 0) is 81.9 Å². The van der Waals surface area contributed by atoms with Crippen LogP contribution in [0.3, 0.4) is 0 Å². The lowest BCUT2D eigenvalue weighted by molar-refractivity contribution is 1.18. The normalized spacial score (nSPS) is 11.8. The summed E-state index contributed by atoms with van der Waals surface area (Å²) in [7, 11) is 0. The summed E-state index contributed by atoms with van der Waals surface area (Å²) < 4.78 is 4.75. The van der Waals surface area contributed by atoms with E-state index >= 15 is 0 Å². The molecule has 52 heavy (non-hydrogen) atoms. The Kier molecular flexibility index (Phi) is 7.18. The Morgan fingerprint density at radius 2 is 0.692 bits per heavy atom. The fourth-order valence-electron chi connectivity index (χ4n) is 7.99. The van der Waals surface area contributed by atoms with Gasteiger partial charge in [0.05, 0.1) is 22.1 Å². The zero-order chi connectivity index (χ0) is 34.4. The summed E-state index contributed by atoms with van der Waals surface area (Å²) in [4.78, 5) is 0.